The van der Waals surface area contributed by atoms with Crippen LogP contribution in [0.5, 0.6) is 0 Å². The fraction of sp³-hybridized carbons (Fsp3) is 0.0714. The molecule has 18 heavy (non-hydrogen) atoms. The molecule has 3 aromatic rings. The Kier molecular flexibility index (Phi) is 2.67. The summed E-state index contributed by atoms with van der Waals surface area (Å²) in [6, 6.07) is 10.0. The minimum absolute atomic E-state index is 0.299. The maximum absolute atomic E-state index is 13.2. The largest absolute Gasteiger partial charge is 0.436 e. The molecule has 1 aromatic heterocycles. The van der Waals surface area contributed by atoms with E-state index in [0.717, 1.165) is 15.6 Å². The van der Waals surface area contributed by atoms with Gasteiger partial charge in [-0.3, -0.25) is 0 Å². The van der Waals surface area contributed by atoms with Gasteiger partial charge in [-0.05, 0) is 42.8 Å². The van der Waals surface area contributed by atoms with Crippen molar-refractivity contribution in [3.05, 3.63) is 52.3 Å². The predicted octanol–water partition coefficient (Wildman–Crippen LogP) is 4.70. The van der Waals surface area contributed by atoms with Crippen LogP contribution in [0.4, 0.5) is 4.39 Å². The molecule has 0 fully saturated rings. The first-order chi connectivity index (χ1) is 8.63. The highest BCUT2D eigenvalue weighted by Gasteiger charge is 2.10. The molecule has 0 atom stereocenters. The zero-order valence-electron chi connectivity index (χ0n) is 9.58. The second-order valence-electron chi connectivity index (χ2n) is 4.10. The summed E-state index contributed by atoms with van der Waals surface area (Å²) in [5.74, 6) is 0.133. The molecule has 3 rings (SSSR count). The molecule has 2 nitrogen and oxygen atoms in total. The molecule has 0 unspecified atom stereocenters. The molecule has 90 valence electrons. The normalized spacial score (nSPS) is 11.1. The van der Waals surface area contributed by atoms with Gasteiger partial charge in [0.25, 0.3) is 0 Å². The van der Waals surface area contributed by atoms with Crippen LogP contribution in [0.15, 0.2) is 45.3 Å². The molecule has 0 aliphatic heterocycles. The van der Waals surface area contributed by atoms with E-state index in [4.69, 9.17) is 4.42 Å². The molecule has 0 N–H and O–H groups in total. The minimum Gasteiger partial charge on any atom is -0.436 e. The predicted molar refractivity (Wildman–Crippen MR) is 71.8 cm³/mol. The first-order valence-electron chi connectivity index (χ1n) is 5.46. The number of halogens is 2. The van der Waals surface area contributed by atoms with Crippen molar-refractivity contribution >= 4 is 27.0 Å². The lowest BCUT2D eigenvalue weighted by Crippen LogP contribution is -1.79. The lowest BCUT2D eigenvalue weighted by molar-refractivity contribution is 0.611. The second-order valence-corrected chi connectivity index (χ2v) is 4.95. The Morgan fingerprint density at radius 3 is 2.83 bits per heavy atom. The molecule has 1 heterocycles. The van der Waals surface area contributed by atoms with E-state index in [9.17, 15) is 4.39 Å². The van der Waals surface area contributed by atoms with Crippen LogP contribution in [0.25, 0.3) is 22.6 Å². The van der Waals surface area contributed by atoms with Crippen molar-refractivity contribution in [2.45, 2.75) is 6.92 Å². The monoisotopic (exact) mass is 305 g/mol. The van der Waals surface area contributed by atoms with Crippen molar-refractivity contribution in [2.75, 3.05) is 0 Å². The van der Waals surface area contributed by atoms with E-state index in [2.05, 4.69) is 20.9 Å². The highest BCUT2D eigenvalue weighted by Crippen LogP contribution is 2.28. The summed E-state index contributed by atoms with van der Waals surface area (Å²) in [6.07, 6.45) is 0. The molecule has 0 bridgehead atoms. The van der Waals surface area contributed by atoms with Gasteiger partial charge in [0.05, 0.1) is 0 Å². The van der Waals surface area contributed by atoms with Gasteiger partial charge >= 0.3 is 0 Å². The molecular formula is C14H9BrFNO. The van der Waals surface area contributed by atoms with Crippen LogP contribution in [0.2, 0.25) is 0 Å². The van der Waals surface area contributed by atoms with E-state index in [-0.39, 0.29) is 5.82 Å². The van der Waals surface area contributed by atoms with Crippen molar-refractivity contribution in [1.29, 1.82) is 0 Å². The third-order valence-corrected chi connectivity index (χ3v) is 3.59. The van der Waals surface area contributed by atoms with E-state index in [1.54, 1.807) is 12.1 Å². The lowest BCUT2D eigenvalue weighted by Gasteiger charge is -1.94. The molecule has 0 saturated carbocycles. The Morgan fingerprint density at radius 1 is 1.22 bits per heavy atom. The van der Waals surface area contributed by atoms with Crippen molar-refractivity contribution in [2.24, 2.45) is 0 Å². The van der Waals surface area contributed by atoms with E-state index >= 15 is 0 Å². The summed E-state index contributed by atoms with van der Waals surface area (Å²) in [6.45, 7) is 1.99. The molecule has 0 radical (unpaired) electrons. The first kappa shape index (κ1) is 11.4. The second kappa shape index (κ2) is 4.21. The number of rotatable bonds is 1. The van der Waals surface area contributed by atoms with Crippen LogP contribution in [-0.4, -0.2) is 4.98 Å². The Bertz CT molecular complexity index is 697. The van der Waals surface area contributed by atoms with E-state index in [0.29, 0.717) is 17.0 Å². The van der Waals surface area contributed by atoms with Crippen LogP contribution in [-0.2, 0) is 0 Å². The first-order valence-corrected chi connectivity index (χ1v) is 6.25. The van der Waals surface area contributed by atoms with Gasteiger partial charge in [0.15, 0.2) is 5.58 Å². The number of aryl methyl sites for hydroxylation is 1. The number of hydrogen-bond acceptors (Lipinski definition) is 2. The van der Waals surface area contributed by atoms with Crippen LogP contribution >= 0.6 is 15.9 Å². The van der Waals surface area contributed by atoms with Gasteiger partial charge in [0.1, 0.15) is 11.3 Å². The van der Waals surface area contributed by atoms with Gasteiger partial charge in [0.2, 0.25) is 5.89 Å². The maximum atomic E-state index is 13.2. The Morgan fingerprint density at radius 2 is 2.06 bits per heavy atom. The quantitative estimate of drug-likeness (QED) is 0.651. The van der Waals surface area contributed by atoms with Crippen molar-refractivity contribution in [1.82, 2.24) is 4.98 Å². The van der Waals surface area contributed by atoms with Gasteiger partial charge in [-0.2, -0.15) is 0 Å². The SMILES string of the molecule is Cc1cc2nc(-c3cccc(F)c3)oc2cc1Br. The standard InChI is InChI=1S/C14H9BrFNO/c1-8-5-12-13(7-11(8)15)18-14(17-12)9-3-2-4-10(16)6-9/h2-7H,1H3. The minimum atomic E-state index is -0.299. The molecule has 0 saturated heterocycles. The number of fused-ring (bicyclic) bond motifs is 1. The zero-order valence-corrected chi connectivity index (χ0v) is 11.2. The van der Waals surface area contributed by atoms with E-state index < -0.39 is 0 Å². The van der Waals surface area contributed by atoms with Gasteiger partial charge in [0, 0.05) is 10.0 Å². The summed E-state index contributed by atoms with van der Waals surface area (Å²) in [5.41, 5.74) is 3.18. The summed E-state index contributed by atoms with van der Waals surface area (Å²) in [4.78, 5) is 4.37. The highest BCUT2D eigenvalue weighted by atomic mass is 79.9. The highest BCUT2D eigenvalue weighted by molar-refractivity contribution is 9.10. The summed E-state index contributed by atoms with van der Waals surface area (Å²) < 4.78 is 19.8. The summed E-state index contributed by atoms with van der Waals surface area (Å²) in [7, 11) is 0. The van der Waals surface area contributed by atoms with Gasteiger partial charge in [-0.15, -0.1) is 0 Å². The van der Waals surface area contributed by atoms with Gasteiger partial charge < -0.3 is 4.42 Å². The number of benzene rings is 2. The molecule has 0 amide bonds. The molecular weight excluding hydrogens is 297 g/mol. The van der Waals surface area contributed by atoms with Crippen molar-refractivity contribution in [3.8, 4) is 11.5 Å². The topological polar surface area (TPSA) is 26.0 Å². The summed E-state index contributed by atoms with van der Waals surface area (Å²) in [5, 5.41) is 0. The van der Waals surface area contributed by atoms with Crippen LogP contribution in [0.1, 0.15) is 5.56 Å². The fourth-order valence-electron chi connectivity index (χ4n) is 1.80. The summed E-state index contributed by atoms with van der Waals surface area (Å²) >= 11 is 3.45. The smallest absolute Gasteiger partial charge is 0.227 e. The van der Waals surface area contributed by atoms with Crippen LogP contribution < -0.4 is 0 Å². The number of aromatic nitrogens is 1. The lowest BCUT2D eigenvalue weighted by atomic mass is 10.2. The van der Waals surface area contributed by atoms with E-state index in [1.165, 1.54) is 12.1 Å². The fourth-order valence-corrected chi connectivity index (χ4v) is 2.12. The molecule has 2 aromatic carbocycles. The van der Waals surface area contributed by atoms with Crippen LogP contribution in [0, 0.1) is 12.7 Å². The third-order valence-electron chi connectivity index (χ3n) is 2.74. The average molecular weight is 306 g/mol. The Labute approximate surface area is 112 Å². The van der Waals surface area contributed by atoms with Crippen LogP contribution in [0.3, 0.4) is 0 Å². The average Bonchev–Trinajstić information content (AvgIpc) is 2.73. The number of hydrogen-bond donors (Lipinski definition) is 0. The molecule has 4 heteroatoms. The Balaban J connectivity index is 2.19. The molecule has 0 spiro atoms. The van der Waals surface area contributed by atoms with E-state index in [1.807, 2.05) is 19.1 Å². The number of nitrogens with zero attached hydrogens (tertiary/aromatic N) is 1. The zero-order chi connectivity index (χ0) is 12.7. The third kappa shape index (κ3) is 1.93. The van der Waals surface area contributed by atoms with Crippen molar-refractivity contribution < 1.29 is 8.81 Å². The molecule has 0 aliphatic carbocycles. The van der Waals surface area contributed by atoms with Crippen molar-refractivity contribution in [3.63, 3.8) is 0 Å². The molecule has 0 aliphatic rings. The van der Waals surface area contributed by atoms with Gasteiger partial charge in [-0.1, -0.05) is 22.0 Å². The maximum Gasteiger partial charge on any atom is 0.227 e. The Hall–Kier alpha value is -1.68. The van der Waals surface area contributed by atoms with Gasteiger partial charge in [-0.25, -0.2) is 9.37 Å². The number of oxazole rings is 1.